The molecule has 2 amide bonds. The minimum atomic E-state index is -2.96. The maximum atomic E-state index is 12.2. The summed E-state index contributed by atoms with van der Waals surface area (Å²) >= 11 is 0. The molecule has 0 bridgehead atoms. The van der Waals surface area contributed by atoms with Crippen LogP contribution in [0.4, 0.5) is 19.3 Å². The molecule has 1 aromatic rings. The van der Waals surface area contributed by atoms with Gasteiger partial charge in [-0.25, -0.2) is 4.79 Å². The Balaban J connectivity index is 2.99. The van der Waals surface area contributed by atoms with Gasteiger partial charge in [0.2, 0.25) is 0 Å². The zero-order valence-electron chi connectivity index (χ0n) is 10.2. The van der Waals surface area contributed by atoms with Crippen molar-refractivity contribution in [2.24, 2.45) is 0 Å². The first-order chi connectivity index (χ1) is 8.43. The van der Waals surface area contributed by atoms with Crippen molar-refractivity contribution in [1.29, 1.82) is 0 Å². The molecule has 0 atom stereocenters. The molecule has 5 nitrogen and oxygen atoms in total. The molecule has 0 saturated carbocycles. The molecule has 1 rings (SSSR count). The molecule has 0 fully saturated rings. The van der Waals surface area contributed by atoms with Gasteiger partial charge in [-0.2, -0.15) is 8.78 Å². The lowest BCUT2D eigenvalue weighted by Gasteiger charge is -2.16. The van der Waals surface area contributed by atoms with Gasteiger partial charge in [0.05, 0.1) is 12.8 Å². The number of nitrogens with zero attached hydrogens (tertiary/aromatic N) is 1. The van der Waals surface area contributed by atoms with Gasteiger partial charge in [0.15, 0.2) is 0 Å². The van der Waals surface area contributed by atoms with Crippen LogP contribution in [-0.2, 0) is 0 Å². The number of alkyl halides is 2. The summed E-state index contributed by atoms with van der Waals surface area (Å²) in [6.45, 7) is -2.96. The first kappa shape index (κ1) is 14.0. The average Bonchev–Trinajstić information content (AvgIpc) is 2.30. The number of ether oxygens (including phenoxy) is 2. The molecule has 0 saturated heterocycles. The van der Waals surface area contributed by atoms with E-state index in [2.05, 4.69) is 10.1 Å². The van der Waals surface area contributed by atoms with E-state index in [-0.39, 0.29) is 11.4 Å². The molecule has 0 aromatic heterocycles. The molecule has 0 aliphatic heterocycles. The SMILES string of the molecule is COc1ccc(OC(F)F)c(NC(=O)N(C)C)c1. The number of halogens is 2. The minimum absolute atomic E-state index is 0.119. The number of nitrogens with one attached hydrogen (secondary N) is 1. The topological polar surface area (TPSA) is 50.8 Å². The van der Waals surface area contributed by atoms with E-state index in [9.17, 15) is 13.6 Å². The van der Waals surface area contributed by atoms with Crippen LogP contribution in [0.5, 0.6) is 11.5 Å². The van der Waals surface area contributed by atoms with E-state index in [1.165, 1.54) is 44.3 Å². The molecule has 0 radical (unpaired) electrons. The van der Waals surface area contributed by atoms with Crippen molar-refractivity contribution < 1.29 is 23.0 Å². The van der Waals surface area contributed by atoms with Gasteiger partial charge in [0.1, 0.15) is 11.5 Å². The van der Waals surface area contributed by atoms with E-state index in [1.807, 2.05) is 0 Å². The fourth-order valence-corrected chi connectivity index (χ4v) is 1.16. The molecule has 18 heavy (non-hydrogen) atoms. The summed E-state index contributed by atoms with van der Waals surface area (Å²) in [4.78, 5) is 12.8. The molecule has 100 valence electrons. The standard InChI is InChI=1S/C11H14F2N2O3/c1-15(2)11(16)14-8-6-7(17-3)4-5-9(8)18-10(12)13/h4-6,10H,1-3H3,(H,14,16). The summed E-state index contributed by atoms with van der Waals surface area (Å²) < 4.78 is 33.7. The highest BCUT2D eigenvalue weighted by molar-refractivity contribution is 5.90. The van der Waals surface area contributed by atoms with Crippen molar-refractivity contribution in [2.75, 3.05) is 26.5 Å². The Hall–Kier alpha value is -2.05. The van der Waals surface area contributed by atoms with Crippen molar-refractivity contribution in [2.45, 2.75) is 6.61 Å². The van der Waals surface area contributed by atoms with Gasteiger partial charge in [0, 0.05) is 20.2 Å². The summed E-state index contributed by atoms with van der Waals surface area (Å²) in [5, 5.41) is 2.44. The zero-order valence-corrected chi connectivity index (χ0v) is 10.2. The van der Waals surface area contributed by atoms with Crippen LogP contribution in [0.25, 0.3) is 0 Å². The van der Waals surface area contributed by atoms with E-state index in [0.717, 1.165) is 0 Å². The van der Waals surface area contributed by atoms with Crippen LogP contribution in [0.2, 0.25) is 0 Å². The van der Waals surface area contributed by atoms with E-state index >= 15 is 0 Å². The van der Waals surface area contributed by atoms with E-state index in [1.54, 1.807) is 0 Å². The van der Waals surface area contributed by atoms with Crippen LogP contribution in [-0.4, -0.2) is 38.7 Å². The second kappa shape index (κ2) is 6.04. The van der Waals surface area contributed by atoms with E-state index in [4.69, 9.17) is 4.74 Å². The van der Waals surface area contributed by atoms with Crippen LogP contribution in [0.3, 0.4) is 0 Å². The Morgan fingerprint density at radius 3 is 2.56 bits per heavy atom. The lowest BCUT2D eigenvalue weighted by molar-refractivity contribution is -0.0493. The van der Waals surface area contributed by atoms with Crippen molar-refractivity contribution in [3.63, 3.8) is 0 Å². The number of anilines is 1. The lowest BCUT2D eigenvalue weighted by atomic mass is 10.2. The fourth-order valence-electron chi connectivity index (χ4n) is 1.16. The molecule has 0 unspecified atom stereocenters. The highest BCUT2D eigenvalue weighted by atomic mass is 19.3. The summed E-state index contributed by atoms with van der Waals surface area (Å²) in [5.41, 5.74) is 0.119. The predicted molar refractivity (Wildman–Crippen MR) is 62.3 cm³/mol. The van der Waals surface area contributed by atoms with Gasteiger partial charge < -0.3 is 19.7 Å². The third-order valence-corrected chi connectivity index (χ3v) is 2.05. The quantitative estimate of drug-likeness (QED) is 0.904. The second-order valence-electron chi connectivity index (χ2n) is 3.57. The number of rotatable bonds is 4. The number of carbonyl (C=O) groups excluding carboxylic acids is 1. The maximum absolute atomic E-state index is 12.2. The van der Waals surface area contributed by atoms with Gasteiger partial charge in [0.25, 0.3) is 0 Å². The van der Waals surface area contributed by atoms with Crippen molar-refractivity contribution in [3.05, 3.63) is 18.2 Å². The molecule has 0 spiro atoms. The Kier molecular flexibility index (Phi) is 4.70. The van der Waals surface area contributed by atoms with Crippen molar-refractivity contribution in [3.8, 4) is 11.5 Å². The van der Waals surface area contributed by atoms with Crippen LogP contribution >= 0.6 is 0 Å². The number of urea groups is 1. The number of hydrogen-bond acceptors (Lipinski definition) is 3. The number of benzene rings is 1. The Labute approximate surface area is 103 Å². The Bertz CT molecular complexity index is 425. The van der Waals surface area contributed by atoms with Gasteiger partial charge >= 0.3 is 12.6 Å². The first-order valence-corrected chi connectivity index (χ1v) is 5.05. The third kappa shape index (κ3) is 3.76. The van der Waals surface area contributed by atoms with Crippen molar-refractivity contribution in [1.82, 2.24) is 4.90 Å². The lowest BCUT2D eigenvalue weighted by Crippen LogP contribution is -2.27. The molecular formula is C11H14F2N2O3. The third-order valence-electron chi connectivity index (χ3n) is 2.05. The number of carbonyl (C=O) groups is 1. The van der Waals surface area contributed by atoms with Crippen LogP contribution in [0, 0.1) is 0 Å². The largest absolute Gasteiger partial charge is 0.497 e. The molecule has 7 heteroatoms. The second-order valence-corrected chi connectivity index (χ2v) is 3.57. The average molecular weight is 260 g/mol. The summed E-state index contributed by atoms with van der Waals surface area (Å²) in [6, 6.07) is 3.71. The Morgan fingerprint density at radius 1 is 1.39 bits per heavy atom. The maximum Gasteiger partial charge on any atom is 0.387 e. The Morgan fingerprint density at radius 2 is 2.06 bits per heavy atom. The van der Waals surface area contributed by atoms with Crippen LogP contribution in [0.1, 0.15) is 0 Å². The minimum Gasteiger partial charge on any atom is -0.497 e. The first-order valence-electron chi connectivity index (χ1n) is 5.05. The highest BCUT2D eigenvalue weighted by Gasteiger charge is 2.14. The highest BCUT2D eigenvalue weighted by Crippen LogP contribution is 2.30. The molecule has 0 heterocycles. The van der Waals surface area contributed by atoms with Crippen molar-refractivity contribution >= 4 is 11.7 Å². The normalized spacial score (nSPS) is 10.1. The van der Waals surface area contributed by atoms with Gasteiger partial charge in [-0.15, -0.1) is 0 Å². The van der Waals surface area contributed by atoms with Gasteiger partial charge in [-0.05, 0) is 12.1 Å². The fraction of sp³-hybridized carbons (Fsp3) is 0.364. The van der Waals surface area contributed by atoms with Crippen LogP contribution < -0.4 is 14.8 Å². The molecule has 0 aliphatic rings. The van der Waals surface area contributed by atoms with Gasteiger partial charge in [-0.3, -0.25) is 0 Å². The predicted octanol–water partition coefficient (Wildman–Crippen LogP) is 2.39. The number of hydrogen-bond donors (Lipinski definition) is 1. The smallest absolute Gasteiger partial charge is 0.387 e. The zero-order chi connectivity index (χ0) is 13.7. The van der Waals surface area contributed by atoms with Gasteiger partial charge in [-0.1, -0.05) is 0 Å². The molecular weight excluding hydrogens is 246 g/mol. The molecule has 1 aromatic carbocycles. The summed E-state index contributed by atoms with van der Waals surface area (Å²) in [6.07, 6.45) is 0. The monoisotopic (exact) mass is 260 g/mol. The van der Waals surface area contributed by atoms with Crippen LogP contribution in [0.15, 0.2) is 18.2 Å². The molecule has 0 aliphatic carbocycles. The molecule has 1 N–H and O–H groups in total. The summed E-state index contributed by atoms with van der Waals surface area (Å²) in [5.74, 6) is 0.298. The van der Waals surface area contributed by atoms with E-state index in [0.29, 0.717) is 5.75 Å². The number of methoxy groups -OCH3 is 1. The summed E-state index contributed by atoms with van der Waals surface area (Å²) in [7, 11) is 4.49. The van der Waals surface area contributed by atoms with E-state index < -0.39 is 12.6 Å². The number of amides is 2.